The molecule has 7 nitrogen and oxygen atoms in total. The van der Waals surface area contributed by atoms with E-state index >= 15 is 0 Å². The van der Waals surface area contributed by atoms with E-state index in [9.17, 15) is 9.59 Å². The maximum Gasteiger partial charge on any atom is 0.421 e. The molecule has 3 heterocycles. The molecule has 1 fully saturated rings. The third-order valence-corrected chi connectivity index (χ3v) is 8.14. The number of oxazole rings is 1. The second-order valence-electron chi connectivity index (χ2n) is 10.3. The molecule has 0 saturated carbocycles. The molecule has 0 aliphatic carbocycles. The molecule has 1 aromatic heterocycles. The van der Waals surface area contributed by atoms with Crippen molar-refractivity contribution in [3.05, 3.63) is 69.2 Å². The number of ether oxygens (including phenoxy) is 2. The molecule has 8 heteroatoms. The monoisotopic (exact) mass is 466 g/mol. The SMILES string of the molecule is C[Si](C)(C)CCOCn1c(=O)oc2cc(CN3Cc4cc(C5COC5)ccc4C3=O)ccc21. The first-order valence-corrected chi connectivity index (χ1v) is 15.2. The molecule has 3 aromatic rings. The van der Waals surface area contributed by atoms with Gasteiger partial charge < -0.3 is 18.8 Å². The van der Waals surface area contributed by atoms with E-state index < -0.39 is 13.8 Å². The van der Waals surface area contributed by atoms with Crippen LogP contribution in [0.25, 0.3) is 11.1 Å². The van der Waals surface area contributed by atoms with Gasteiger partial charge in [0, 0.05) is 39.3 Å². The minimum absolute atomic E-state index is 0.0383. The quantitative estimate of drug-likeness (QED) is 0.368. The van der Waals surface area contributed by atoms with Gasteiger partial charge >= 0.3 is 5.76 Å². The van der Waals surface area contributed by atoms with E-state index in [2.05, 4.69) is 25.7 Å². The van der Waals surface area contributed by atoms with Crippen molar-refractivity contribution in [2.45, 2.75) is 51.4 Å². The van der Waals surface area contributed by atoms with Gasteiger partial charge in [-0.2, -0.15) is 0 Å². The molecule has 0 unspecified atom stereocenters. The van der Waals surface area contributed by atoms with Crippen LogP contribution in [0.1, 0.15) is 33.0 Å². The van der Waals surface area contributed by atoms with Crippen LogP contribution >= 0.6 is 0 Å². The van der Waals surface area contributed by atoms with Gasteiger partial charge in [-0.15, -0.1) is 0 Å². The van der Waals surface area contributed by atoms with Crippen LogP contribution < -0.4 is 5.76 Å². The molecule has 5 rings (SSSR count). The fraction of sp³-hybridized carbons (Fsp3) is 0.440. The van der Waals surface area contributed by atoms with Crippen LogP contribution in [0, 0.1) is 0 Å². The van der Waals surface area contributed by atoms with Crippen molar-refractivity contribution in [2.75, 3.05) is 19.8 Å². The molecular weight excluding hydrogens is 436 g/mol. The van der Waals surface area contributed by atoms with Crippen LogP contribution in [0.5, 0.6) is 0 Å². The lowest BCUT2D eigenvalue weighted by Crippen LogP contribution is -2.25. The number of benzene rings is 2. The fourth-order valence-corrected chi connectivity index (χ4v) is 5.05. The molecule has 0 radical (unpaired) electrons. The number of fused-ring (bicyclic) bond motifs is 2. The first kappa shape index (κ1) is 22.1. The van der Waals surface area contributed by atoms with Gasteiger partial charge in [0.15, 0.2) is 5.58 Å². The highest BCUT2D eigenvalue weighted by atomic mass is 28.3. The Balaban J connectivity index is 1.27. The number of hydrogen-bond acceptors (Lipinski definition) is 5. The lowest BCUT2D eigenvalue weighted by atomic mass is 9.94. The summed E-state index contributed by atoms with van der Waals surface area (Å²) in [4.78, 5) is 27.1. The van der Waals surface area contributed by atoms with Gasteiger partial charge in [0.25, 0.3) is 5.91 Å². The lowest BCUT2D eigenvalue weighted by molar-refractivity contribution is 0.00839. The second-order valence-corrected chi connectivity index (χ2v) is 15.9. The number of amides is 1. The summed E-state index contributed by atoms with van der Waals surface area (Å²) < 4.78 is 18.0. The normalized spacial score (nSPS) is 16.5. The van der Waals surface area contributed by atoms with Crippen LogP contribution in [0.4, 0.5) is 0 Å². The fourth-order valence-electron chi connectivity index (χ4n) is 4.30. The Morgan fingerprint density at radius 3 is 2.64 bits per heavy atom. The second kappa shape index (κ2) is 8.59. The zero-order valence-electron chi connectivity index (χ0n) is 19.4. The van der Waals surface area contributed by atoms with E-state index in [1.165, 1.54) is 10.1 Å². The van der Waals surface area contributed by atoms with Crippen LogP contribution in [-0.4, -0.2) is 43.3 Å². The van der Waals surface area contributed by atoms with Gasteiger partial charge in [-0.05, 0) is 40.9 Å². The molecule has 2 aliphatic rings. The highest BCUT2D eigenvalue weighted by molar-refractivity contribution is 6.76. The zero-order valence-corrected chi connectivity index (χ0v) is 20.4. The first-order valence-electron chi connectivity index (χ1n) is 11.5. The molecule has 0 N–H and O–H groups in total. The average molecular weight is 467 g/mol. The van der Waals surface area contributed by atoms with E-state index in [1.807, 2.05) is 35.2 Å². The Kier molecular flexibility index (Phi) is 5.76. The molecule has 0 bridgehead atoms. The molecule has 33 heavy (non-hydrogen) atoms. The predicted molar refractivity (Wildman–Crippen MR) is 128 cm³/mol. The summed E-state index contributed by atoms with van der Waals surface area (Å²) in [5.74, 6) is 0.0527. The third kappa shape index (κ3) is 4.55. The summed E-state index contributed by atoms with van der Waals surface area (Å²) in [6.07, 6.45) is 0. The molecule has 0 atom stereocenters. The van der Waals surface area contributed by atoms with Crippen LogP contribution in [0.15, 0.2) is 45.6 Å². The minimum Gasteiger partial charge on any atom is -0.408 e. The lowest BCUT2D eigenvalue weighted by Gasteiger charge is -2.26. The predicted octanol–water partition coefficient (Wildman–Crippen LogP) is 4.18. The van der Waals surface area contributed by atoms with Crippen molar-refractivity contribution in [1.82, 2.24) is 9.47 Å². The molecule has 1 amide bonds. The van der Waals surface area contributed by atoms with E-state index in [0.29, 0.717) is 36.7 Å². The Bertz CT molecular complexity index is 1250. The summed E-state index contributed by atoms with van der Waals surface area (Å²) >= 11 is 0. The highest BCUT2D eigenvalue weighted by Crippen LogP contribution is 2.31. The number of carbonyl (C=O) groups is 1. The number of hydrogen-bond donors (Lipinski definition) is 0. The highest BCUT2D eigenvalue weighted by Gasteiger charge is 2.29. The van der Waals surface area contributed by atoms with Crippen molar-refractivity contribution < 1.29 is 18.7 Å². The van der Waals surface area contributed by atoms with Crippen LogP contribution in [0.2, 0.25) is 25.7 Å². The van der Waals surface area contributed by atoms with E-state index in [4.69, 9.17) is 13.9 Å². The topological polar surface area (TPSA) is 73.9 Å². The summed E-state index contributed by atoms with van der Waals surface area (Å²) in [6.45, 7) is 10.3. The Morgan fingerprint density at radius 1 is 1.09 bits per heavy atom. The number of carbonyl (C=O) groups excluding carboxylic acids is 1. The zero-order chi connectivity index (χ0) is 23.2. The first-order chi connectivity index (χ1) is 15.8. The van der Waals surface area contributed by atoms with Gasteiger partial charge in [0.2, 0.25) is 0 Å². The molecule has 174 valence electrons. The number of rotatable bonds is 8. The van der Waals surface area contributed by atoms with Crippen molar-refractivity contribution in [1.29, 1.82) is 0 Å². The summed E-state index contributed by atoms with van der Waals surface area (Å²) in [7, 11) is -1.18. The van der Waals surface area contributed by atoms with Crippen molar-refractivity contribution in [3.63, 3.8) is 0 Å². The Hall–Kier alpha value is -2.68. The molecule has 0 spiro atoms. The van der Waals surface area contributed by atoms with Crippen LogP contribution in [0.3, 0.4) is 0 Å². The molecule has 1 saturated heterocycles. The number of aromatic nitrogens is 1. The minimum atomic E-state index is -1.18. The number of nitrogens with zero attached hydrogens (tertiary/aromatic N) is 2. The molecular formula is C25H30N2O5Si. The largest absolute Gasteiger partial charge is 0.421 e. The van der Waals surface area contributed by atoms with Gasteiger partial charge in [0.1, 0.15) is 6.73 Å². The third-order valence-electron chi connectivity index (χ3n) is 6.44. The van der Waals surface area contributed by atoms with E-state index in [-0.39, 0.29) is 12.6 Å². The van der Waals surface area contributed by atoms with E-state index in [0.717, 1.165) is 35.9 Å². The standard InChI is InChI=1S/C25H30N2O5Si/c1-33(2,3)9-8-30-16-27-22-7-4-17(10-23(22)32-25(27)29)12-26-13-19-11-18(20-14-31-15-20)5-6-21(19)24(26)28/h4-7,10-11,20H,8-9,12-16H2,1-3H3. The summed E-state index contributed by atoms with van der Waals surface area (Å²) in [5.41, 5.74) is 5.23. The van der Waals surface area contributed by atoms with Gasteiger partial charge in [-0.25, -0.2) is 9.36 Å². The Labute approximate surface area is 193 Å². The van der Waals surface area contributed by atoms with Crippen LogP contribution in [-0.2, 0) is 29.3 Å². The van der Waals surface area contributed by atoms with Crippen molar-refractivity contribution in [3.8, 4) is 0 Å². The molecule has 2 aromatic carbocycles. The summed E-state index contributed by atoms with van der Waals surface area (Å²) in [5, 5.41) is 0. The molecule has 2 aliphatic heterocycles. The Morgan fingerprint density at radius 2 is 1.91 bits per heavy atom. The average Bonchev–Trinajstić information content (AvgIpc) is 3.19. The summed E-state index contributed by atoms with van der Waals surface area (Å²) in [6, 6.07) is 12.8. The maximum atomic E-state index is 12.9. The van der Waals surface area contributed by atoms with Crippen molar-refractivity contribution in [2.24, 2.45) is 0 Å². The maximum absolute atomic E-state index is 12.9. The van der Waals surface area contributed by atoms with E-state index in [1.54, 1.807) is 0 Å². The smallest absolute Gasteiger partial charge is 0.408 e. The van der Waals surface area contributed by atoms with Gasteiger partial charge in [-0.3, -0.25) is 4.79 Å². The van der Waals surface area contributed by atoms with Crippen molar-refractivity contribution >= 4 is 25.1 Å². The van der Waals surface area contributed by atoms with Gasteiger partial charge in [-0.1, -0.05) is 37.8 Å². The van der Waals surface area contributed by atoms with Gasteiger partial charge in [0.05, 0.1) is 18.7 Å².